The lowest BCUT2D eigenvalue weighted by Crippen LogP contribution is -2.53. The number of aromatic nitrogens is 2. The average Bonchev–Trinajstić information content (AvgIpc) is 2.74. The smallest absolute Gasteiger partial charge is 0.406 e. The number of amides is 1. The summed E-state index contributed by atoms with van der Waals surface area (Å²) in [7, 11) is 0. The molecule has 0 unspecified atom stereocenters. The highest BCUT2D eigenvalue weighted by atomic mass is 35.5. The van der Waals surface area contributed by atoms with Crippen LogP contribution < -0.4 is 15.0 Å². The summed E-state index contributed by atoms with van der Waals surface area (Å²) in [5.41, 5.74) is 1.43. The van der Waals surface area contributed by atoms with Crippen molar-refractivity contribution in [1.82, 2.24) is 9.97 Å². The van der Waals surface area contributed by atoms with Gasteiger partial charge in [-0.05, 0) is 41.8 Å². The van der Waals surface area contributed by atoms with E-state index in [-0.39, 0.29) is 21.8 Å². The van der Waals surface area contributed by atoms with Crippen LogP contribution in [0, 0.1) is 11.2 Å². The molecule has 0 bridgehead atoms. The average molecular weight is 495 g/mol. The SMILES string of the molecule is CC1(C)CN(c2ncc(C(=O)Nc3ccc(OC(F)(F)F)cc3)cc2-c2cnc(Cl)c(F)c2)C1. The van der Waals surface area contributed by atoms with Gasteiger partial charge >= 0.3 is 6.36 Å². The Morgan fingerprint density at radius 1 is 1.12 bits per heavy atom. The maximum atomic E-state index is 14.1. The summed E-state index contributed by atoms with van der Waals surface area (Å²) in [6, 6.07) is 7.52. The molecule has 1 fully saturated rings. The van der Waals surface area contributed by atoms with E-state index in [2.05, 4.69) is 33.9 Å². The summed E-state index contributed by atoms with van der Waals surface area (Å²) in [5, 5.41) is 2.33. The summed E-state index contributed by atoms with van der Waals surface area (Å²) in [6.45, 7) is 5.68. The Hall–Kier alpha value is -3.40. The van der Waals surface area contributed by atoms with Crippen LogP contribution in [0.2, 0.25) is 5.15 Å². The maximum Gasteiger partial charge on any atom is 0.573 e. The number of hydrogen-bond acceptors (Lipinski definition) is 5. The number of nitrogens with zero attached hydrogens (tertiary/aromatic N) is 3. The molecule has 3 aromatic rings. The lowest BCUT2D eigenvalue weighted by molar-refractivity contribution is -0.274. The number of anilines is 2. The van der Waals surface area contributed by atoms with E-state index in [0.717, 1.165) is 25.2 Å². The van der Waals surface area contributed by atoms with Crippen LogP contribution in [0.15, 0.2) is 48.8 Å². The van der Waals surface area contributed by atoms with Crippen molar-refractivity contribution in [2.75, 3.05) is 23.3 Å². The fourth-order valence-corrected chi connectivity index (χ4v) is 3.80. The fourth-order valence-electron chi connectivity index (χ4n) is 3.69. The van der Waals surface area contributed by atoms with Crippen molar-refractivity contribution in [2.45, 2.75) is 20.2 Å². The first-order valence-corrected chi connectivity index (χ1v) is 10.5. The lowest BCUT2D eigenvalue weighted by atomic mass is 9.84. The van der Waals surface area contributed by atoms with Crippen molar-refractivity contribution in [3.8, 4) is 16.9 Å². The molecular formula is C23H19ClF4N4O2. The first-order chi connectivity index (χ1) is 15.9. The summed E-state index contributed by atoms with van der Waals surface area (Å²) >= 11 is 5.72. The highest BCUT2D eigenvalue weighted by Gasteiger charge is 2.36. The summed E-state index contributed by atoms with van der Waals surface area (Å²) in [5.74, 6) is -1.08. The van der Waals surface area contributed by atoms with E-state index in [4.69, 9.17) is 11.6 Å². The third-order valence-corrected chi connectivity index (χ3v) is 5.40. The normalized spacial score (nSPS) is 15.0. The van der Waals surface area contributed by atoms with Crippen LogP contribution >= 0.6 is 11.6 Å². The van der Waals surface area contributed by atoms with Crippen molar-refractivity contribution in [2.24, 2.45) is 5.41 Å². The van der Waals surface area contributed by atoms with Crippen LogP contribution in [0.3, 0.4) is 0 Å². The van der Waals surface area contributed by atoms with E-state index in [9.17, 15) is 22.4 Å². The maximum absolute atomic E-state index is 14.1. The summed E-state index contributed by atoms with van der Waals surface area (Å²) in [4.78, 5) is 23.1. The van der Waals surface area contributed by atoms with Gasteiger partial charge in [-0.25, -0.2) is 14.4 Å². The van der Waals surface area contributed by atoms with E-state index in [1.807, 2.05) is 4.90 Å². The third-order valence-electron chi connectivity index (χ3n) is 5.12. The molecule has 0 atom stereocenters. The van der Waals surface area contributed by atoms with Crippen LogP contribution in [-0.2, 0) is 0 Å². The molecule has 34 heavy (non-hydrogen) atoms. The largest absolute Gasteiger partial charge is 0.573 e. The van der Waals surface area contributed by atoms with Gasteiger partial charge in [0.1, 0.15) is 11.6 Å². The minimum atomic E-state index is -4.81. The Labute approximate surface area is 197 Å². The molecule has 0 spiro atoms. The van der Waals surface area contributed by atoms with Gasteiger partial charge in [0.15, 0.2) is 11.0 Å². The Bertz CT molecular complexity index is 1220. The molecule has 0 radical (unpaired) electrons. The predicted octanol–water partition coefficient (Wildman–Crippen LogP) is 5.93. The van der Waals surface area contributed by atoms with E-state index in [0.29, 0.717) is 16.9 Å². The molecular weight excluding hydrogens is 476 g/mol. The fraction of sp³-hybridized carbons (Fsp3) is 0.261. The molecule has 1 aromatic carbocycles. The number of carbonyl (C=O) groups excluding carboxylic acids is 1. The first kappa shape index (κ1) is 23.7. The van der Waals surface area contributed by atoms with Crippen molar-refractivity contribution >= 4 is 29.0 Å². The predicted molar refractivity (Wildman–Crippen MR) is 120 cm³/mol. The number of carbonyl (C=O) groups is 1. The number of alkyl halides is 3. The molecule has 2 aromatic heterocycles. The Kier molecular flexibility index (Phi) is 6.11. The molecule has 0 saturated carbocycles. The van der Waals surface area contributed by atoms with Crippen molar-refractivity contribution < 1.29 is 27.1 Å². The van der Waals surface area contributed by atoms with E-state index < -0.39 is 23.8 Å². The van der Waals surface area contributed by atoms with Crippen LogP contribution in [-0.4, -0.2) is 35.3 Å². The highest BCUT2D eigenvalue weighted by molar-refractivity contribution is 6.29. The third kappa shape index (κ3) is 5.39. The van der Waals surface area contributed by atoms with E-state index in [1.165, 1.54) is 30.6 Å². The molecule has 6 nitrogen and oxygen atoms in total. The van der Waals surface area contributed by atoms with Gasteiger partial charge in [-0.15, -0.1) is 13.2 Å². The monoisotopic (exact) mass is 494 g/mol. The molecule has 1 saturated heterocycles. The molecule has 1 aliphatic heterocycles. The van der Waals surface area contributed by atoms with Crippen LogP contribution in [0.5, 0.6) is 5.75 Å². The second kappa shape index (κ2) is 8.75. The number of rotatable bonds is 5. The van der Waals surface area contributed by atoms with Crippen LogP contribution in [0.1, 0.15) is 24.2 Å². The zero-order chi connectivity index (χ0) is 24.7. The van der Waals surface area contributed by atoms with Gasteiger partial charge in [-0.1, -0.05) is 25.4 Å². The van der Waals surface area contributed by atoms with Gasteiger partial charge < -0.3 is 15.0 Å². The van der Waals surface area contributed by atoms with Gasteiger partial charge in [-0.3, -0.25) is 4.79 Å². The molecule has 0 aliphatic carbocycles. The van der Waals surface area contributed by atoms with E-state index >= 15 is 0 Å². The zero-order valence-electron chi connectivity index (χ0n) is 18.1. The molecule has 1 amide bonds. The van der Waals surface area contributed by atoms with Crippen molar-refractivity contribution in [1.29, 1.82) is 0 Å². The number of pyridine rings is 2. The van der Waals surface area contributed by atoms with E-state index in [1.54, 1.807) is 6.07 Å². The van der Waals surface area contributed by atoms with Crippen LogP contribution in [0.25, 0.3) is 11.1 Å². The highest BCUT2D eigenvalue weighted by Crippen LogP contribution is 2.38. The quantitative estimate of drug-likeness (QED) is 0.351. The van der Waals surface area contributed by atoms with Gasteiger partial charge in [-0.2, -0.15) is 0 Å². The second-order valence-corrected chi connectivity index (χ2v) is 9.00. The van der Waals surface area contributed by atoms with Crippen LogP contribution in [0.4, 0.5) is 29.1 Å². The summed E-state index contributed by atoms with van der Waals surface area (Å²) < 4.78 is 54.9. The lowest BCUT2D eigenvalue weighted by Gasteiger charge is -2.47. The van der Waals surface area contributed by atoms with Crippen molar-refractivity contribution in [3.63, 3.8) is 0 Å². The molecule has 1 aliphatic rings. The number of nitrogens with one attached hydrogen (secondary N) is 1. The number of ether oxygens (including phenoxy) is 1. The Morgan fingerprint density at radius 2 is 1.79 bits per heavy atom. The number of benzene rings is 1. The summed E-state index contributed by atoms with van der Waals surface area (Å²) in [6.07, 6.45) is -2.02. The molecule has 178 valence electrons. The standard InChI is InChI=1S/C23H19ClF4N4O2/c1-22(2)11-32(12-22)20-17(13-8-18(25)19(24)29-9-13)7-14(10-30-20)21(33)31-15-3-5-16(6-4-15)34-23(26,27)28/h3-10H,11-12H2,1-2H3,(H,31,33). The molecule has 3 heterocycles. The van der Waals surface area contributed by atoms with Crippen molar-refractivity contribution in [3.05, 3.63) is 65.3 Å². The molecule has 11 heteroatoms. The Balaban J connectivity index is 1.60. The minimum absolute atomic E-state index is 0.0977. The number of hydrogen-bond donors (Lipinski definition) is 1. The molecule has 4 rings (SSSR count). The zero-order valence-corrected chi connectivity index (χ0v) is 18.8. The second-order valence-electron chi connectivity index (χ2n) is 8.64. The van der Waals surface area contributed by atoms with Gasteiger partial charge in [0, 0.05) is 42.3 Å². The van der Waals surface area contributed by atoms with Gasteiger partial charge in [0.05, 0.1) is 5.56 Å². The van der Waals surface area contributed by atoms with Gasteiger partial charge in [0.2, 0.25) is 0 Å². The Morgan fingerprint density at radius 3 is 2.38 bits per heavy atom. The van der Waals surface area contributed by atoms with Gasteiger partial charge in [0.25, 0.3) is 5.91 Å². The topological polar surface area (TPSA) is 67.4 Å². The first-order valence-electron chi connectivity index (χ1n) is 10.1. The molecule has 1 N–H and O–H groups in total. The minimum Gasteiger partial charge on any atom is -0.406 e. The number of halogens is 5.